The lowest BCUT2D eigenvalue weighted by Gasteiger charge is -2.09. The van der Waals surface area contributed by atoms with E-state index >= 15 is 0 Å². The molecular weight excluding hydrogens is 362 g/mol. The minimum Gasteiger partial charge on any atom is -0.452 e. The average Bonchev–Trinajstić information content (AvgIpc) is 2.56. The number of hydrogen-bond acceptors (Lipinski definition) is 5. The summed E-state index contributed by atoms with van der Waals surface area (Å²) in [7, 11) is 0. The largest absolute Gasteiger partial charge is 0.452 e. The van der Waals surface area contributed by atoms with E-state index in [-0.39, 0.29) is 10.6 Å². The van der Waals surface area contributed by atoms with E-state index in [0.29, 0.717) is 0 Å². The van der Waals surface area contributed by atoms with Gasteiger partial charge in [-0.3, -0.25) is 14.9 Å². The predicted octanol–water partition coefficient (Wildman–Crippen LogP) is 3.32. The Bertz CT molecular complexity index is 840. The number of nitro groups is 1. The van der Waals surface area contributed by atoms with Gasteiger partial charge in [0.25, 0.3) is 11.6 Å². The molecule has 0 heterocycles. The van der Waals surface area contributed by atoms with E-state index in [1.54, 1.807) is 0 Å². The van der Waals surface area contributed by atoms with Crippen molar-refractivity contribution >= 4 is 34.9 Å². The highest BCUT2D eigenvalue weighted by Crippen LogP contribution is 2.23. The lowest BCUT2D eigenvalue weighted by atomic mass is 10.2. The first-order valence-corrected chi connectivity index (χ1v) is 7.02. The number of amides is 1. The number of non-ortho nitro benzene ring substituents is 1. The molecule has 2 aromatic rings. The summed E-state index contributed by atoms with van der Waals surface area (Å²) in [6, 6.07) is 6.10. The minimum atomic E-state index is -1.10. The van der Waals surface area contributed by atoms with Gasteiger partial charge in [0.2, 0.25) is 0 Å². The summed E-state index contributed by atoms with van der Waals surface area (Å²) in [4.78, 5) is 33.5. The third kappa shape index (κ3) is 4.48. The molecule has 0 atom stereocenters. The first kappa shape index (κ1) is 18.3. The molecule has 0 spiro atoms. The molecule has 0 unspecified atom stereocenters. The van der Waals surface area contributed by atoms with Crippen LogP contribution in [0.3, 0.4) is 0 Å². The van der Waals surface area contributed by atoms with Crippen molar-refractivity contribution in [1.82, 2.24) is 0 Å². The molecule has 0 aliphatic rings. The summed E-state index contributed by atoms with van der Waals surface area (Å²) in [6.45, 7) is -0.869. The molecule has 0 bridgehead atoms. The van der Waals surface area contributed by atoms with E-state index in [1.165, 1.54) is 0 Å². The fourth-order valence-corrected chi connectivity index (χ4v) is 1.98. The van der Waals surface area contributed by atoms with Crippen molar-refractivity contribution in [2.45, 2.75) is 0 Å². The number of nitro benzene ring substituents is 1. The van der Waals surface area contributed by atoms with E-state index in [0.717, 1.165) is 36.4 Å². The van der Waals surface area contributed by atoms with Crippen LogP contribution in [0.15, 0.2) is 36.4 Å². The van der Waals surface area contributed by atoms with Gasteiger partial charge in [-0.05, 0) is 18.2 Å². The van der Waals surface area contributed by atoms with Crippen LogP contribution in [-0.4, -0.2) is 23.4 Å². The average molecular weight is 371 g/mol. The van der Waals surface area contributed by atoms with E-state index in [2.05, 4.69) is 4.74 Å². The molecule has 1 N–H and O–H groups in total. The molecule has 2 aromatic carbocycles. The first-order chi connectivity index (χ1) is 11.8. The van der Waals surface area contributed by atoms with Crippen LogP contribution in [0.2, 0.25) is 5.02 Å². The number of ether oxygens (including phenoxy) is 1. The van der Waals surface area contributed by atoms with Crippen LogP contribution in [0.4, 0.5) is 20.2 Å². The Hall–Kier alpha value is -3.07. The van der Waals surface area contributed by atoms with Crippen LogP contribution in [0.5, 0.6) is 0 Å². The standard InChI is InChI=1S/C15H9ClF2N2O5/c16-10-5-4-8(20(23)24)6-9(10)15(22)25-7-13(21)19-14-11(17)2-1-3-12(14)18/h1-6H,7H2,(H,19,21). The third-order valence-corrected chi connectivity index (χ3v) is 3.27. The Kier molecular flexibility index (Phi) is 5.60. The molecular formula is C15H9ClF2N2O5. The zero-order valence-electron chi connectivity index (χ0n) is 12.3. The smallest absolute Gasteiger partial charge is 0.340 e. The van der Waals surface area contributed by atoms with E-state index in [1.807, 2.05) is 5.32 Å². The van der Waals surface area contributed by atoms with Crippen LogP contribution < -0.4 is 5.32 Å². The topological polar surface area (TPSA) is 98.5 Å². The Morgan fingerprint density at radius 3 is 2.44 bits per heavy atom. The highest BCUT2D eigenvalue weighted by atomic mass is 35.5. The van der Waals surface area contributed by atoms with Gasteiger partial charge in [-0.25, -0.2) is 13.6 Å². The molecule has 0 fully saturated rings. The summed E-state index contributed by atoms with van der Waals surface area (Å²) < 4.78 is 31.5. The van der Waals surface area contributed by atoms with Crippen LogP contribution in [0.1, 0.15) is 10.4 Å². The molecule has 0 radical (unpaired) electrons. The third-order valence-electron chi connectivity index (χ3n) is 2.94. The van der Waals surface area contributed by atoms with Gasteiger partial charge in [-0.15, -0.1) is 0 Å². The van der Waals surface area contributed by atoms with Gasteiger partial charge in [0.15, 0.2) is 6.61 Å². The maximum Gasteiger partial charge on any atom is 0.340 e. The molecule has 7 nitrogen and oxygen atoms in total. The Morgan fingerprint density at radius 1 is 1.20 bits per heavy atom. The Balaban J connectivity index is 2.04. The minimum absolute atomic E-state index is 0.115. The maximum absolute atomic E-state index is 13.4. The number of carbonyl (C=O) groups is 2. The van der Waals surface area contributed by atoms with Crippen molar-refractivity contribution in [3.05, 3.63) is 68.7 Å². The molecule has 10 heteroatoms. The quantitative estimate of drug-likeness (QED) is 0.494. The number of halogens is 3. The lowest BCUT2D eigenvalue weighted by Crippen LogP contribution is -2.22. The van der Waals surface area contributed by atoms with Crippen LogP contribution in [0.25, 0.3) is 0 Å². The molecule has 1 amide bonds. The zero-order chi connectivity index (χ0) is 18.6. The molecule has 130 valence electrons. The predicted molar refractivity (Wildman–Crippen MR) is 83.4 cm³/mol. The van der Waals surface area contributed by atoms with Crippen molar-refractivity contribution < 1.29 is 28.0 Å². The second-order valence-corrected chi connectivity index (χ2v) is 5.05. The van der Waals surface area contributed by atoms with Crippen LogP contribution in [-0.2, 0) is 9.53 Å². The maximum atomic E-state index is 13.4. The molecule has 0 aromatic heterocycles. The lowest BCUT2D eigenvalue weighted by molar-refractivity contribution is -0.384. The van der Waals surface area contributed by atoms with Gasteiger partial charge in [-0.2, -0.15) is 0 Å². The molecule has 0 aliphatic carbocycles. The van der Waals surface area contributed by atoms with Crippen molar-refractivity contribution in [3.8, 4) is 0 Å². The number of benzene rings is 2. The number of para-hydroxylation sites is 1. The van der Waals surface area contributed by atoms with Gasteiger partial charge in [0.05, 0.1) is 15.5 Å². The van der Waals surface area contributed by atoms with E-state index < -0.39 is 46.4 Å². The van der Waals surface area contributed by atoms with Crippen molar-refractivity contribution in [2.75, 3.05) is 11.9 Å². The molecule has 0 saturated heterocycles. The van der Waals surface area contributed by atoms with Crippen molar-refractivity contribution in [2.24, 2.45) is 0 Å². The van der Waals surface area contributed by atoms with Crippen LogP contribution >= 0.6 is 11.6 Å². The number of hydrogen-bond donors (Lipinski definition) is 1. The van der Waals surface area contributed by atoms with E-state index in [9.17, 15) is 28.5 Å². The first-order valence-electron chi connectivity index (χ1n) is 6.64. The van der Waals surface area contributed by atoms with E-state index in [4.69, 9.17) is 11.6 Å². The second-order valence-electron chi connectivity index (χ2n) is 4.64. The summed E-state index contributed by atoms with van der Waals surface area (Å²) in [6.07, 6.45) is 0. The molecule has 2 rings (SSSR count). The fourth-order valence-electron chi connectivity index (χ4n) is 1.78. The fraction of sp³-hybridized carbons (Fsp3) is 0.0667. The highest BCUT2D eigenvalue weighted by Gasteiger charge is 2.19. The Morgan fingerprint density at radius 2 is 1.84 bits per heavy atom. The summed E-state index contributed by atoms with van der Waals surface area (Å²) in [5.74, 6) is -4.10. The number of anilines is 1. The number of rotatable bonds is 5. The van der Waals surface area contributed by atoms with Gasteiger partial charge in [0, 0.05) is 12.1 Å². The molecule has 0 saturated carbocycles. The number of nitrogens with one attached hydrogen (secondary N) is 1. The van der Waals surface area contributed by atoms with Gasteiger partial charge in [-0.1, -0.05) is 17.7 Å². The number of nitrogens with zero attached hydrogens (tertiary/aromatic N) is 1. The van der Waals surface area contributed by atoms with Crippen molar-refractivity contribution in [3.63, 3.8) is 0 Å². The van der Waals surface area contributed by atoms with Crippen molar-refractivity contribution in [1.29, 1.82) is 0 Å². The van der Waals surface area contributed by atoms with Gasteiger partial charge in [0.1, 0.15) is 17.3 Å². The normalized spacial score (nSPS) is 10.2. The second kappa shape index (κ2) is 7.67. The van der Waals surface area contributed by atoms with Crippen LogP contribution in [0, 0.1) is 21.7 Å². The zero-order valence-corrected chi connectivity index (χ0v) is 13.0. The SMILES string of the molecule is O=C(COC(=O)c1cc([N+](=O)[O-])ccc1Cl)Nc1c(F)cccc1F. The number of esters is 1. The molecule has 0 aliphatic heterocycles. The molecule has 25 heavy (non-hydrogen) atoms. The van der Waals surface area contributed by atoms with Gasteiger partial charge < -0.3 is 10.1 Å². The monoisotopic (exact) mass is 370 g/mol. The van der Waals surface area contributed by atoms with Gasteiger partial charge >= 0.3 is 5.97 Å². The Labute approximate surface area is 144 Å². The summed E-state index contributed by atoms with van der Waals surface area (Å²) >= 11 is 5.76. The summed E-state index contributed by atoms with van der Waals surface area (Å²) in [5.41, 5.74) is -1.40. The highest BCUT2D eigenvalue weighted by molar-refractivity contribution is 6.33. The summed E-state index contributed by atoms with van der Waals surface area (Å²) in [5, 5.41) is 12.5. The number of carbonyl (C=O) groups excluding carboxylic acids is 2.